The zero-order valence-electron chi connectivity index (χ0n) is 23.5. The summed E-state index contributed by atoms with van der Waals surface area (Å²) in [5.41, 5.74) is -0.383. The van der Waals surface area contributed by atoms with Crippen LogP contribution >= 0.6 is 0 Å². The zero-order valence-corrected chi connectivity index (χ0v) is 23.5. The number of carbonyl (C=O) groups is 2. The van der Waals surface area contributed by atoms with Crippen LogP contribution in [0.2, 0.25) is 0 Å². The first kappa shape index (κ1) is 31.9. The number of carbonyl (C=O) groups excluding carboxylic acids is 1. The molecule has 1 aliphatic heterocycles. The van der Waals surface area contributed by atoms with Gasteiger partial charge in [-0.2, -0.15) is 5.06 Å². The molecule has 0 aromatic rings. The lowest BCUT2D eigenvalue weighted by molar-refractivity contribution is -0.293. The van der Waals surface area contributed by atoms with Crippen LogP contribution in [0.4, 0.5) is 0 Å². The Bertz CT molecular complexity index is 572. The molecule has 0 aromatic heterocycles. The molecule has 0 amide bonds. The molecule has 6 nitrogen and oxygen atoms in total. The highest BCUT2D eigenvalue weighted by atomic mass is 16.7. The molecule has 206 valence electrons. The zero-order chi connectivity index (χ0) is 26.2. The van der Waals surface area contributed by atoms with Crippen molar-refractivity contribution in [3.63, 3.8) is 0 Å². The number of ether oxygens (including phenoxy) is 1. The van der Waals surface area contributed by atoms with Gasteiger partial charge in [0.2, 0.25) is 0 Å². The minimum Gasteiger partial charge on any atom is -0.481 e. The highest BCUT2D eigenvalue weighted by Gasteiger charge is 2.47. The quantitative estimate of drug-likeness (QED) is 0.136. The normalized spacial score (nSPS) is 18.0. The Morgan fingerprint density at radius 1 is 0.743 bits per heavy atom. The third kappa shape index (κ3) is 14.3. The summed E-state index contributed by atoms with van der Waals surface area (Å²) in [6, 6.07) is 0. The molecule has 1 heterocycles. The molecule has 1 aliphatic rings. The lowest BCUT2D eigenvalue weighted by atomic mass is 9.80. The summed E-state index contributed by atoms with van der Waals surface area (Å²) in [5, 5.41) is 10.8. The van der Waals surface area contributed by atoms with Gasteiger partial charge in [0, 0.05) is 36.8 Å². The van der Waals surface area contributed by atoms with Gasteiger partial charge in [-0.25, -0.2) is 0 Å². The Morgan fingerprint density at radius 3 is 1.71 bits per heavy atom. The molecule has 0 aromatic carbocycles. The van der Waals surface area contributed by atoms with Gasteiger partial charge in [-0.15, -0.1) is 0 Å². The average Bonchev–Trinajstić information content (AvgIpc) is 2.74. The molecule has 0 atom stereocenters. The standard InChI is InChI=1S/C29H55NO5/c1-6-7-8-9-10-13-16-19-22-34-30-28(2,3)23-25(24-29(30,4)5)35-27(33)21-18-15-12-11-14-17-20-26(31)32/h25H,6-24H2,1-5H3,(H,31,32). The van der Waals surface area contributed by atoms with E-state index in [4.69, 9.17) is 14.7 Å². The molecule has 6 heteroatoms. The number of nitrogens with zero attached hydrogens (tertiary/aromatic N) is 1. The molecule has 1 saturated heterocycles. The lowest BCUT2D eigenvalue weighted by Gasteiger charge is -2.53. The number of hydroxylamine groups is 2. The average molecular weight is 498 g/mol. The number of carboxylic acids is 1. The van der Waals surface area contributed by atoms with Gasteiger partial charge in [0.15, 0.2) is 0 Å². The van der Waals surface area contributed by atoms with Crippen LogP contribution in [0.5, 0.6) is 0 Å². The maximum Gasteiger partial charge on any atom is 0.306 e. The van der Waals surface area contributed by atoms with Crippen molar-refractivity contribution in [3.05, 3.63) is 0 Å². The summed E-state index contributed by atoms with van der Waals surface area (Å²) in [4.78, 5) is 29.3. The maximum absolute atomic E-state index is 12.4. The van der Waals surface area contributed by atoms with E-state index >= 15 is 0 Å². The summed E-state index contributed by atoms with van der Waals surface area (Å²) in [6.45, 7) is 11.8. The SMILES string of the molecule is CCCCCCCCCCON1C(C)(C)CC(OC(=O)CCCCCCCCC(=O)O)CC1(C)C. The van der Waals surface area contributed by atoms with E-state index in [1.165, 1.54) is 44.9 Å². The Hall–Kier alpha value is -1.14. The van der Waals surface area contributed by atoms with Gasteiger partial charge in [0.25, 0.3) is 0 Å². The fourth-order valence-corrected chi connectivity index (χ4v) is 5.49. The fraction of sp³-hybridized carbons (Fsp3) is 0.931. The van der Waals surface area contributed by atoms with Crippen molar-refractivity contribution < 1.29 is 24.3 Å². The van der Waals surface area contributed by atoms with E-state index in [9.17, 15) is 9.59 Å². The van der Waals surface area contributed by atoms with Gasteiger partial charge in [0.1, 0.15) is 6.10 Å². The fourth-order valence-electron chi connectivity index (χ4n) is 5.49. The first-order chi connectivity index (χ1) is 16.6. The van der Waals surface area contributed by atoms with Crippen LogP contribution in [0.3, 0.4) is 0 Å². The Labute approximate surface area is 215 Å². The van der Waals surface area contributed by atoms with Crippen molar-refractivity contribution in [2.45, 2.75) is 167 Å². The Balaban J connectivity index is 2.26. The molecule has 1 N–H and O–H groups in total. The second-order valence-electron chi connectivity index (χ2n) is 11.8. The first-order valence-electron chi connectivity index (χ1n) is 14.4. The predicted molar refractivity (Wildman–Crippen MR) is 142 cm³/mol. The second-order valence-corrected chi connectivity index (χ2v) is 11.8. The van der Waals surface area contributed by atoms with E-state index in [1.54, 1.807) is 0 Å². The van der Waals surface area contributed by atoms with Gasteiger partial charge in [-0.3, -0.25) is 14.4 Å². The third-order valence-electron chi connectivity index (χ3n) is 7.09. The highest BCUT2D eigenvalue weighted by Crippen LogP contribution is 2.40. The minimum atomic E-state index is -0.722. The molecule has 1 rings (SSSR count). The maximum atomic E-state index is 12.4. The van der Waals surface area contributed by atoms with Gasteiger partial charge in [-0.05, 0) is 47.0 Å². The van der Waals surface area contributed by atoms with Crippen LogP contribution in [-0.4, -0.2) is 45.9 Å². The summed E-state index contributed by atoms with van der Waals surface area (Å²) < 4.78 is 5.89. The number of hydrogen-bond donors (Lipinski definition) is 1. The van der Waals surface area contributed by atoms with E-state index < -0.39 is 5.97 Å². The largest absolute Gasteiger partial charge is 0.481 e. The highest BCUT2D eigenvalue weighted by molar-refractivity contribution is 5.69. The van der Waals surface area contributed by atoms with Crippen molar-refractivity contribution in [1.82, 2.24) is 5.06 Å². The summed E-state index contributed by atoms with van der Waals surface area (Å²) in [6.07, 6.45) is 18.1. The second kappa shape index (κ2) is 17.3. The molecule has 0 aliphatic carbocycles. The van der Waals surface area contributed by atoms with Crippen LogP contribution < -0.4 is 0 Å². The van der Waals surface area contributed by atoms with Crippen molar-refractivity contribution in [2.75, 3.05) is 6.61 Å². The number of piperidine rings is 1. The molecule has 0 bridgehead atoms. The molecular weight excluding hydrogens is 442 g/mol. The van der Waals surface area contributed by atoms with Crippen molar-refractivity contribution in [2.24, 2.45) is 0 Å². The van der Waals surface area contributed by atoms with E-state index in [1.807, 2.05) is 0 Å². The number of esters is 1. The Morgan fingerprint density at radius 2 is 1.20 bits per heavy atom. The van der Waals surface area contributed by atoms with Crippen LogP contribution in [-0.2, 0) is 19.2 Å². The van der Waals surface area contributed by atoms with E-state index in [0.29, 0.717) is 6.42 Å². The van der Waals surface area contributed by atoms with E-state index in [2.05, 4.69) is 39.7 Å². The molecule has 35 heavy (non-hydrogen) atoms. The van der Waals surface area contributed by atoms with Crippen LogP contribution in [0, 0.1) is 0 Å². The van der Waals surface area contributed by atoms with Crippen molar-refractivity contribution >= 4 is 11.9 Å². The molecule has 0 saturated carbocycles. The molecular formula is C29H55NO5. The predicted octanol–water partition coefficient (Wildman–Crippen LogP) is 7.83. The van der Waals surface area contributed by atoms with Crippen molar-refractivity contribution in [1.29, 1.82) is 0 Å². The van der Waals surface area contributed by atoms with Crippen molar-refractivity contribution in [3.8, 4) is 0 Å². The van der Waals surface area contributed by atoms with Crippen LogP contribution in [0.25, 0.3) is 0 Å². The third-order valence-corrected chi connectivity index (χ3v) is 7.09. The van der Waals surface area contributed by atoms with Gasteiger partial charge in [0.05, 0.1) is 6.61 Å². The number of aliphatic carboxylic acids is 1. The van der Waals surface area contributed by atoms with Crippen LogP contribution in [0.15, 0.2) is 0 Å². The van der Waals surface area contributed by atoms with Gasteiger partial charge < -0.3 is 9.84 Å². The number of hydrogen-bond acceptors (Lipinski definition) is 5. The number of unbranched alkanes of at least 4 members (excludes halogenated alkanes) is 12. The van der Waals surface area contributed by atoms with E-state index in [0.717, 1.165) is 64.4 Å². The molecule has 0 unspecified atom stereocenters. The smallest absolute Gasteiger partial charge is 0.306 e. The van der Waals surface area contributed by atoms with E-state index in [-0.39, 0.29) is 29.6 Å². The van der Waals surface area contributed by atoms with Crippen LogP contribution in [0.1, 0.15) is 150 Å². The van der Waals surface area contributed by atoms with Gasteiger partial charge in [-0.1, -0.05) is 77.6 Å². The molecule has 0 radical (unpaired) electrons. The Kier molecular flexibility index (Phi) is 15.8. The number of rotatable bonds is 20. The van der Waals surface area contributed by atoms with Gasteiger partial charge >= 0.3 is 11.9 Å². The monoisotopic (exact) mass is 497 g/mol. The molecule has 0 spiro atoms. The summed E-state index contributed by atoms with van der Waals surface area (Å²) in [5.74, 6) is -0.819. The topological polar surface area (TPSA) is 76.1 Å². The summed E-state index contributed by atoms with van der Waals surface area (Å²) in [7, 11) is 0. The first-order valence-corrected chi connectivity index (χ1v) is 14.4. The lowest BCUT2D eigenvalue weighted by Crippen LogP contribution is -2.62. The minimum absolute atomic E-state index is 0.0773. The summed E-state index contributed by atoms with van der Waals surface area (Å²) >= 11 is 0. The number of carboxylic acid groups (broad SMARTS) is 1. The molecule has 1 fully saturated rings.